The van der Waals surface area contributed by atoms with Crippen LogP contribution in [0.3, 0.4) is 0 Å². The molecule has 1 N–H and O–H groups in total. The van der Waals surface area contributed by atoms with E-state index in [1.807, 2.05) is 0 Å². The van der Waals surface area contributed by atoms with Gasteiger partial charge in [0.05, 0.1) is 0 Å². The summed E-state index contributed by atoms with van der Waals surface area (Å²) in [6, 6.07) is 0. The molecule has 0 amide bonds. The van der Waals surface area contributed by atoms with Gasteiger partial charge in [-0.1, -0.05) is 10.8 Å². The zero-order valence-electron chi connectivity index (χ0n) is 3.23. The lowest BCUT2D eigenvalue weighted by atomic mass is 10.8. The summed E-state index contributed by atoms with van der Waals surface area (Å²) in [6.45, 7) is 0. The van der Waals surface area contributed by atoms with Crippen molar-refractivity contribution in [3.63, 3.8) is 0 Å². The van der Waals surface area contributed by atoms with E-state index in [0.717, 1.165) is 0 Å². The molecule has 0 saturated carbocycles. The van der Waals surface area contributed by atoms with Gasteiger partial charge >= 0.3 is 0 Å². The van der Waals surface area contributed by atoms with Crippen LogP contribution in [-0.2, 0) is 0 Å². The molecule has 1 saturated heterocycles. The fourth-order valence-electron chi connectivity index (χ4n) is 0.222. The molecule has 1 aliphatic heterocycles. The summed E-state index contributed by atoms with van der Waals surface area (Å²) in [7, 11) is 3.04. The third-order valence-electron chi connectivity index (χ3n) is 0.531. The van der Waals surface area contributed by atoms with Gasteiger partial charge in [0.15, 0.2) is 0 Å². The van der Waals surface area contributed by atoms with E-state index in [0.29, 0.717) is 0 Å². The predicted molar refractivity (Wildman–Crippen MR) is 37.6 cm³/mol. The van der Waals surface area contributed by atoms with Crippen molar-refractivity contribution in [2.45, 2.75) is 10.2 Å². The standard InChI is InChI=1S/C2H3Cl2NS2/c3-1-2(4)6-7-5-1/h1-2,5H. The summed E-state index contributed by atoms with van der Waals surface area (Å²) in [6.07, 6.45) is 0. The van der Waals surface area contributed by atoms with Crippen molar-refractivity contribution in [1.82, 2.24) is 4.72 Å². The van der Waals surface area contributed by atoms with Crippen molar-refractivity contribution in [3.8, 4) is 0 Å². The SMILES string of the molecule is ClC1NSSC1Cl. The molecule has 1 nitrogen and oxygen atoms in total. The van der Waals surface area contributed by atoms with E-state index >= 15 is 0 Å². The highest BCUT2D eigenvalue weighted by Crippen LogP contribution is 2.37. The number of hydrogen-bond donors (Lipinski definition) is 1. The number of rotatable bonds is 0. The van der Waals surface area contributed by atoms with Crippen LogP contribution in [0.4, 0.5) is 0 Å². The molecule has 1 rings (SSSR count). The normalized spacial score (nSPS) is 42.0. The molecule has 0 spiro atoms. The summed E-state index contributed by atoms with van der Waals surface area (Å²) in [5, 5.41) is 0. The van der Waals surface area contributed by atoms with Crippen LogP contribution >= 0.6 is 45.0 Å². The molecule has 0 radical (unpaired) electrons. The first-order chi connectivity index (χ1) is 3.30. The van der Waals surface area contributed by atoms with Crippen molar-refractivity contribution < 1.29 is 0 Å². The quantitative estimate of drug-likeness (QED) is 0.262. The number of hydrogen-bond acceptors (Lipinski definition) is 3. The molecule has 0 bridgehead atoms. The topological polar surface area (TPSA) is 12.0 Å². The fraction of sp³-hybridized carbons (Fsp3) is 1.00. The minimum atomic E-state index is -0.0725. The Bertz CT molecular complexity index is 62.7. The molecule has 0 aromatic heterocycles. The first-order valence-corrected chi connectivity index (χ1v) is 4.75. The summed E-state index contributed by atoms with van der Waals surface area (Å²) in [5.74, 6) is 0. The summed E-state index contributed by atoms with van der Waals surface area (Å²) < 4.78 is 2.90. The van der Waals surface area contributed by atoms with Gasteiger partial charge in [-0.15, -0.1) is 23.2 Å². The van der Waals surface area contributed by atoms with Crippen LogP contribution in [-0.4, -0.2) is 10.2 Å². The Morgan fingerprint density at radius 2 is 2.14 bits per heavy atom. The van der Waals surface area contributed by atoms with Gasteiger partial charge < -0.3 is 0 Å². The Morgan fingerprint density at radius 1 is 1.43 bits per heavy atom. The molecule has 5 heteroatoms. The van der Waals surface area contributed by atoms with Gasteiger partial charge in [0.2, 0.25) is 0 Å². The van der Waals surface area contributed by atoms with Crippen LogP contribution in [0, 0.1) is 0 Å². The average Bonchev–Trinajstić information content (AvgIpc) is 1.91. The number of alkyl halides is 2. The summed E-state index contributed by atoms with van der Waals surface area (Å²) >= 11 is 11.2. The van der Waals surface area contributed by atoms with E-state index in [1.165, 1.54) is 11.0 Å². The van der Waals surface area contributed by atoms with E-state index in [2.05, 4.69) is 4.72 Å². The van der Waals surface area contributed by atoms with Crippen molar-refractivity contribution >= 4 is 45.0 Å². The Morgan fingerprint density at radius 3 is 2.29 bits per heavy atom. The highest BCUT2D eigenvalue weighted by atomic mass is 35.5. The molecule has 1 aliphatic rings. The second-order valence-corrected chi connectivity index (χ2v) is 4.43. The molecule has 0 aromatic carbocycles. The third-order valence-corrected chi connectivity index (χ3v) is 4.24. The molecule has 2 atom stereocenters. The third kappa shape index (κ3) is 1.57. The molecule has 1 fully saturated rings. The van der Waals surface area contributed by atoms with Gasteiger partial charge in [-0.25, -0.2) is 4.72 Å². The molecular weight excluding hydrogens is 173 g/mol. The van der Waals surface area contributed by atoms with Gasteiger partial charge in [-0.2, -0.15) is 0 Å². The zero-order chi connectivity index (χ0) is 5.28. The maximum Gasteiger partial charge on any atom is 0.120 e. The van der Waals surface area contributed by atoms with E-state index in [4.69, 9.17) is 23.2 Å². The van der Waals surface area contributed by atoms with Gasteiger partial charge in [-0.3, -0.25) is 0 Å². The van der Waals surface area contributed by atoms with Gasteiger partial charge in [0.1, 0.15) is 10.2 Å². The van der Waals surface area contributed by atoms with E-state index < -0.39 is 0 Å². The van der Waals surface area contributed by atoms with Crippen LogP contribution in [0.2, 0.25) is 0 Å². The van der Waals surface area contributed by atoms with Crippen LogP contribution in [0.15, 0.2) is 0 Å². The van der Waals surface area contributed by atoms with Crippen molar-refractivity contribution in [2.24, 2.45) is 0 Å². The molecule has 2 unspecified atom stereocenters. The van der Waals surface area contributed by atoms with Gasteiger partial charge in [0, 0.05) is 0 Å². The van der Waals surface area contributed by atoms with Crippen molar-refractivity contribution in [1.29, 1.82) is 0 Å². The average molecular weight is 176 g/mol. The Kier molecular flexibility index (Phi) is 2.44. The Hall–Kier alpha value is 1.24. The second kappa shape index (κ2) is 2.69. The van der Waals surface area contributed by atoms with Crippen LogP contribution in [0.25, 0.3) is 0 Å². The highest BCUT2D eigenvalue weighted by Gasteiger charge is 2.23. The monoisotopic (exact) mass is 175 g/mol. The van der Waals surface area contributed by atoms with Gasteiger partial charge in [-0.05, 0) is 11.0 Å². The number of nitrogens with one attached hydrogen (secondary N) is 1. The van der Waals surface area contributed by atoms with Crippen molar-refractivity contribution in [2.75, 3.05) is 0 Å². The minimum absolute atomic E-state index is 0.0201. The molecule has 0 aliphatic carbocycles. The summed E-state index contributed by atoms with van der Waals surface area (Å²) in [5.41, 5.74) is -0.0725. The first-order valence-electron chi connectivity index (χ1n) is 1.66. The first kappa shape index (κ1) is 6.36. The van der Waals surface area contributed by atoms with Crippen LogP contribution in [0.5, 0.6) is 0 Å². The van der Waals surface area contributed by atoms with E-state index in [1.54, 1.807) is 10.8 Å². The molecule has 42 valence electrons. The smallest absolute Gasteiger partial charge is 0.120 e. The van der Waals surface area contributed by atoms with Crippen LogP contribution < -0.4 is 4.72 Å². The predicted octanol–water partition coefficient (Wildman–Crippen LogP) is 2.02. The maximum absolute atomic E-state index is 5.61. The molecule has 1 heterocycles. The van der Waals surface area contributed by atoms with Crippen molar-refractivity contribution in [3.05, 3.63) is 0 Å². The largest absolute Gasteiger partial charge is 0.235 e. The molecule has 7 heavy (non-hydrogen) atoms. The Labute approximate surface area is 60.0 Å². The lowest BCUT2D eigenvalue weighted by molar-refractivity contribution is 0.938. The maximum atomic E-state index is 5.61. The molecular formula is C2H3Cl2NS2. The van der Waals surface area contributed by atoms with E-state index in [9.17, 15) is 0 Å². The minimum Gasteiger partial charge on any atom is -0.235 e. The van der Waals surface area contributed by atoms with Crippen LogP contribution in [0.1, 0.15) is 0 Å². The fourth-order valence-corrected chi connectivity index (χ4v) is 3.03. The molecule has 0 aromatic rings. The lowest BCUT2D eigenvalue weighted by Gasteiger charge is -1.97. The highest BCUT2D eigenvalue weighted by molar-refractivity contribution is 8.77. The summed E-state index contributed by atoms with van der Waals surface area (Å²) in [4.78, 5) is 0. The number of halogens is 2. The van der Waals surface area contributed by atoms with Gasteiger partial charge in [0.25, 0.3) is 0 Å². The Balaban J connectivity index is 2.33. The lowest BCUT2D eigenvalue weighted by Crippen LogP contribution is -2.15. The van der Waals surface area contributed by atoms with E-state index in [-0.39, 0.29) is 10.2 Å². The second-order valence-electron chi connectivity index (χ2n) is 1.05. The zero-order valence-corrected chi connectivity index (χ0v) is 6.37.